The van der Waals surface area contributed by atoms with E-state index in [0.717, 1.165) is 31.2 Å². The minimum atomic E-state index is -0.988. The van der Waals surface area contributed by atoms with E-state index < -0.39 is 6.04 Å². The Balaban J connectivity index is 1.59. The first-order valence-electron chi connectivity index (χ1n) is 13.3. The van der Waals surface area contributed by atoms with E-state index in [1.54, 1.807) is 42.0 Å². The zero-order valence-corrected chi connectivity index (χ0v) is 22.2. The molecule has 9 nitrogen and oxygen atoms in total. The Morgan fingerprint density at radius 1 is 0.974 bits per heavy atom. The fraction of sp³-hybridized carbons (Fsp3) is 0.333. The normalized spacial score (nSPS) is 14.5. The highest BCUT2D eigenvalue weighted by Crippen LogP contribution is 2.36. The molecule has 2 amide bonds. The van der Waals surface area contributed by atoms with Gasteiger partial charge in [-0.2, -0.15) is 0 Å². The lowest BCUT2D eigenvalue weighted by Gasteiger charge is -2.34. The van der Waals surface area contributed by atoms with Crippen molar-refractivity contribution in [2.24, 2.45) is 0 Å². The van der Waals surface area contributed by atoms with Gasteiger partial charge < -0.3 is 14.8 Å². The van der Waals surface area contributed by atoms with Crippen molar-refractivity contribution in [3.63, 3.8) is 0 Å². The van der Waals surface area contributed by atoms with E-state index in [9.17, 15) is 9.59 Å². The number of hydrogen-bond acceptors (Lipinski definition) is 6. The van der Waals surface area contributed by atoms with Gasteiger partial charge >= 0.3 is 0 Å². The second-order valence-electron chi connectivity index (χ2n) is 9.69. The molecule has 1 aliphatic rings. The molecule has 202 valence electrons. The molecule has 9 heteroatoms. The number of rotatable bonds is 9. The van der Waals surface area contributed by atoms with Crippen LogP contribution in [0.1, 0.15) is 43.7 Å². The van der Waals surface area contributed by atoms with Crippen molar-refractivity contribution in [3.05, 3.63) is 78.4 Å². The largest absolute Gasteiger partial charge is 0.497 e. The van der Waals surface area contributed by atoms with Gasteiger partial charge in [0.2, 0.25) is 11.8 Å². The van der Waals surface area contributed by atoms with E-state index >= 15 is 0 Å². The van der Waals surface area contributed by atoms with Gasteiger partial charge in [0, 0.05) is 23.4 Å². The van der Waals surface area contributed by atoms with E-state index in [-0.39, 0.29) is 24.4 Å². The molecule has 0 aliphatic heterocycles. The number of ether oxygens (including phenoxy) is 2. The van der Waals surface area contributed by atoms with Crippen LogP contribution in [-0.4, -0.2) is 47.1 Å². The summed E-state index contributed by atoms with van der Waals surface area (Å²) in [6.45, 7) is -0.0961. The van der Waals surface area contributed by atoms with Gasteiger partial charge in [0.15, 0.2) is 0 Å². The topological polar surface area (TPSA) is 98.6 Å². The first-order valence-corrected chi connectivity index (χ1v) is 13.3. The number of para-hydroxylation sites is 2. The second-order valence-corrected chi connectivity index (χ2v) is 9.69. The zero-order valence-electron chi connectivity index (χ0n) is 22.2. The third kappa shape index (κ3) is 5.72. The first kappa shape index (κ1) is 26.2. The van der Waals surface area contributed by atoms with Crippen LogP contribution in [0.4, 0.5) is 5.69 Å². The molecule has 0 saturated heterocycles. The van der Waals surface area contributed by atoms with Gasteiger partial charge in [0.05, 0.1) is 19.7 Å². The summed E-state index contributed by atoms with van der Waals surface area (Å²) in [6.07, 6.45) is 5.15. The van der Waals surface area contributed by atoms with Crippen molar-refractivity contribution in [1.82, 2.24) is 20.3 Å². The lowest BCUT2D eigenvalue weighted by Crippen LogP contribution is -2.48. The van der Waals surface area contributed by atoms with Gasteiger partial charge in [-0.3, -0.25) is 14.5 Å². The summed E-state index contributed by atoms with van der Waals surface area (Å²) in [7, 11) is 3.12. The molecule has 1 aliphatic carbocycles. The molecule has 3 aromatic carbocycles. The number of carbonyl (C=O) groups excluding carboxylic acids is 2. The van der Waals surface area contributed by atoms with Crippen molar-refractivity contribution < 1.29 is 19.1 Å². The highest BCUT2D eigenvalue weighted by Gasteiger charge is 2.36. The number of anilines is 1. The smallest absolute Gasteiger partial charge is 0.249 e. The van der Waals surface area contributed by atoms with Crippen molar-refractivity contribution in [2.75, 3.05) is 19.1 Å². The maximum atomic E-state index is 14.2. The number of benzene rings is 3. The lowest BCUT2D eigenvalue weighted by molar-refractivity contribution is -0.127. The van der Waals surface area contributed by atoms with E-state index in [4.69, 9.17) is 9.47 Å². The van der Waals surface area contributed by atoms with Crippen LogP contribution >= 0.6 is 0 Å². The van der Waals surface area contributed by atoms with Gasteiger partial charge in [0.1, 0.15) is 29.6 Å². The number of carbonyl (C=O) groups is 2. The van der Waals surface area contributed by atoms with Gasteiger partial charge in [-0.05, 0) is 49.2 Å². The second kappa shape index (κ2) is 12.0. The van der Waals surface area contributed by atoms with E-state index in [1.807, 2.05) is 54.6 Å². The summed E-state index contributed by atoms with van der Waals surface area (Å²) >= 11 is 0. The number of nitrogens with one attached hydrogen (secondary N) is 1. The molecule has 1 atom stereocenters. The highest BCUT2D eigenvalue weighted by molar-refractivity contribution is 6.02. The maximum Gasteiger partial charge on any atom is 0.249 e. The van der Waals surface area contributed by atoms with Crippen LogP contribution in [0.2, 0.25) is 0 Å². The maximum absolute atomic E-state index is 14.2. The molecule has 4 aromatic rings. The average molecular weight is 528 g/mol. The van der Waals surface area contributed by atoms with Crippen LogP contribution < -0.4 is 19.7 Å². The van der Waals surface area contributed by atoms with Crippen LogP contribution in [0, 0.1) is 0 Å². The Hall–Kier alpha value is -4.40. The molecule has 0 bridgehead atoms. The molecular weight excluding hydrogens is 494 g/mol. The summed E-state index contributed by atoms with van der Waals surface area (Å²) < 4.78 is 12.7. The summed E-state index contributed by atoms with van der Waals surface area (Å²) in [5.41, 5.74) is 2.59. The number of fused-ring (bicyclic) bond motifs is 1. The Morgan fingerprint density at radius 3 is 2.46 bits per heavy atom. The number of methoxy groups -OCH3 is 2. The molecule has 39 heavy (non-hydrogen) atoms. The number of hydrogen-bond donors (Lipinski definition) is 1. The third-order valence-electron chi connectivity index (χ3n) is 7.20. The van der Waals surface area contributed by atoms with E-state index in [2.05, 4.69) is 15.6 Å². The predicted molar refractivity (Wildman–Crippen MR) is 149 cm³/mol. The van der Waals surface area contributed by atoms with Crippen LogP contribution in [0.25, 0.3) is 11.0 Å². The molecule has 0 radical (unpaired) electrons. The number of nitrogens with zero attached hydrogens (tertiary/aromatic N) is 4. The average Bonchev–Trinajstić information content (AvgIpc) is 3.39. The van der Waals surface area contributed by atoms with Crippen LogP contribution in [0.3, 0.4) is 0 Å². The van der Waals surface area contributed by atoms with Gasteiger partial charge in [0.25, 0.3) is 0 Å². The summed E-state index contributed by atoms with van der Waals surface area (Å²) in [6, 6.07) is 21.1. The van der Waals surface area contributed by atoms with Crippen LogP contribution in [-0.2, 0) is 16.1 Å². The van der Waals surface area contributed by atoms with Crippen molar-refractivity contribution in [2.45, 2.75) is 50.7 Å². The zero-order chi connectivity index (χ0) is 27.2. The fourth-order valence-corrected chi connectivity index (χ4v) is 5.23. The van der Waals surface area contributed by atoms with Gasteiger partial charge in [-0.15, -0.1) is 5.10 Å². The molecule has 5 rings (SSSR count). The fourth-order valence-electron chi connectivity index (χ4n) is 5.23. The Labute approximate surface area is 227 Å². The van der Waals surface area contributed by atoms with Gasteiger partial charge in [-0.1, -0.05) is 54.8 Å². The Morgan fingerprint density at radius 2 is 1.72 bits per heavy atom. The molecule has 1 N–H and O–H groups in total. The minimum Gasteiger partial charge on any atom is -0.497 e. The highest BCUT2D eigenvalue weighted by atomic mass is 16.5. The van der Waals surface area contributed by atoms with Crippen LogP contribution in [0.5, 0.6) is 11.5 Å². The molecule has 1 heterocycles. The quantitative estimate of drug-likeness (QED) is 0.340. The van der Waals surface area contributed by atoms with Crippen LogP contribution in [0.15, 0.2) is 72.8 Å². The van der Waals surface area contributed by atoms with Crippen molar-refractivity contribution in [3.8, 4) is 11.5 Å². The standard InChI is InChI=1S/C30H33N5O4/c1-38-23-17-18-24(27(19-23)39-2)29(30(37)31-21-11-5-3-6-12-21)35(22-13-7-4-8-14-22)28(36)20-34-26-16-10-9-15-25(26)32-33-34/h4,7-10,13-19,21,29H,3,5-6,11-12,20H2,1-2H3,(H,31,37)/t29-/m0/s1. The van der Waals surface area contributed by atoms with Gasteiger partial charge in [-0.25, -0.2) is 4.68 Å². The SMILES string of the molecule is COc1ccc([C@@H](C(=O)NC2CCCCC2)N(C(=O)Cn2nnc3ccccc32)c2ccccc2)c(OC)c1. The third-order valence-corrected chi connectivity index (χ3v) is 7.20. The lowest BCUT2D eigenvalue weighted by atomic mass is 9.94. The summed E-state index contributed by atoms with van der Waals surface area (Å²) in [5, 5.41) is 11.6. The molecule has 0 unspecified atom stereocenters. The summed E-state index contributed by atoms with van der Waals surface area (Å²) in [5.74, 6) is 0.483. The van der Waals surface area contributed by atoms with E-state index in [0.29, 0.717) is 28.3 Å². The Kier molecular flexibility index (Phi) is 8.05. The Bertz CT molecular complexity index is 1430. The molecule has 0 spiro atoms. The molecule has 1 fully saturated rings. The van der Waals surface area contributed by atoms with E-state index in [1.165, 1.54) is 6.42 Å². The predicted octanol–water partition coefficient (Wildman–Crippen LogP) is 4.67. The first-order chi connectivity index (χ1) is 19.1. The van der Waals surface area contributed by atoms with Crippen molar-refractivity contribution in [1.29, 1.82) is 0 Å². The number of amides is 2. The monoisotopic (exact) mass is 527 g/mol. The molecule has 1 aromatic heterocycles. The summed E-state index contributed by atoms with van der Waals surface area (Å²) in [4.78, 5) is 29.9. The minimum absolute atomic E-state index is 0.0602. The molecular formula is C30H33N5O4. The molecule has 1 saturated carbocycles. The number of aromatic nitrogens is 3. The van der Waals surface area contributed by atoms with Crippen molar-refractivity contribution >= 4 is 28.5 Å².